The highest BCUT2D eigenvalue weighted by molar-refractivity contribution is 7.89. The van der Waals surface area contributed by atoms with Crippen LogP contribution in [0.15, 0.2) is 41.9 Å². The zero-order chi connectivity index (χ0) is 26.9. The lowest BCUT2D eigenvalue weighted by molar-refractivity contribution is 0.178. The molecule has 5 rings (SSSR count). The number of aliphatic hydroxyl groups is 1. The Balaban J connectivity index is 1.38. The number of hydrogen-bond acceptors (Lipinski definition) is 8. The van der Waals surface area contributed by atoms with Crippen molar-refractivity contribution in [1.29, 1.82) is 5.26 Å². The summed E-state index contributed by atoms with van der Waals surface area (Å²) >= 11 is 0. The Labute approximate surface area is 226 Å². The van der Waals surface area contributed by atoms with Gasteiger partial charge in [0.15, 0.2) is 4.90 Å². The van der Waals surface area contributed by atoms with Gasteiger partial charge in [-0.15, -0.1) is 0 Å². The fourth-order valence-corrected chi connectivity index (χ4v) is 8.07. The summed E-state index contributed by atoms with van der Waals surface area (Å²) in [5.41, 5.74) is 5.30. The second-order valence-electron chi connectivity index (χ2n) is 10.0. The number of aliphatic hydroxyl groups excluding tert-OH is 1. The number of nitriles is 1. The highest BCUT2D eigenvalue weighted by atomic mass is 32.2. The van der Waals surface area contributed by atoms with Gasteiger partial charge in [-0.2, -0.15) is 5.26 Å². The lowest BCUT2D eigenvalue weighted by Gasteiger charge is -2.18. The molecule has 1 fully saturated rings. The highest BCUT2D eigenvalue weighted by Gasteiger charge is 2.33. The lowest BCUT2D eigenvalue weighted by Crippen LogP contribution is -2.35. The number of likely N-dealkylation sites (tertiary alicyclic amines) is 1. The van der Waals surface area contributed by atoms with E-state index in [4.69, 9.17) is 4.74 Å². The SMILES string of the molecule is CC(C)Oc1ccc(-[s+]2cnnc2-c2cccc3c2CC[C@@H]3NS(=O)(=O)CCN2CC[C@@H](O)C2)cc1C#N. The van der Waals surface area contributed by atoms with Gasteiger partial charge in [-0.3, -0.25) is 4.90 Å². The number of aromatic nitrogens is 2. The van der Waals surface area contributed by atoms with Crippen LogP contribution in [0, 0.1) is 11.3 Å². The molecule has 1 unspecified atom stereocenters. The standard InChI is InChI=1S/C27H32N5O4S2/c1-18(2)36-26-9-6-21(14-19(26)15-28)37-17-29-30-27(37)24-5-3-4-23-22(24)7-8-25(23)31-38(34,35)13-12-32-11-10-20(33)16-32/h3-6,9,14,17-18,20,25,31,33H,7-8,10-13,16H2,1-2H3/q+1/t20-,25+,37?/m1/s1. The minimum Gasteiger partial charge on any atom is -0.490 e. The van der Waals surface area contributed by atoms with Crippen LogP contribution in [-0.2, 0) is 16.4 Å². The Bertz CT molecular complexity index is 1460. The van der Waals surface area contributed by atoms with Crippen LogP contribution in [0.4, 0.5) is 0 Å². The van der Waals surface area contributed by atoms with E-state index >= 15 is 0 Å². The van der Waals surface area contributed by atoms with Gasteiger partial charge in [-0.05, 0) is 56.4 Å². The first-order valence-electron chi connectivity index (χ1n) is 12.8. The molecule has 2 N–H and O–H groups in total. The van der Waals surface area contributed by atoms with Gasteiger partial charge in [0.25, 0.3) is 10.5 Å². The minimum absolute atomic E-state index is 0.00694. The van der Waals surface area contributed by atoms with Crippen LogP contribution >= 0.6 is 10.5 Å². The monoisotopic (exact) mass is 554 g/mol. The molecule has 38 heavy (non-hydrogen) atoms. The number of benzene rings is 2. The Morgan fingerprint density at radius 3 is 2.87 bits per heavy atom. The van der Waals surface area contributed by atoms with Crippen molar-refractivity contribution >= 4 is 20.5 Å². The molecule has 0 bridgehead atoms. The number of fused-ring (bicyclic) bond motifs is 1. The van der Waals surface area contributed by atoms with Gasteiger partial charge in [0.05, 0.1) is 39.6 Å². The highest BCUT2D eigenvalue weighted by Crippen LogP contribution is 2.45. The summed E-state index contributed by atoms with van der Waals surface area (Å²) in [6, 6.07) is 13.5. The molecule has 1 aliphatic carbocycles. The Kier molecular flexibility index (Phi) is 7.79. The summed E-state index contributed by atoms with van der Waals surface area (Å²) in [6.07, 6.45) is 1.70. The summed E-state index contributed by atoms with van der Waals surface area (Å²) in [7, 11) is -4.04. The van der Waals surface area contributed by atoms with E-state index in [2.05, 4.69) is 21.0 Å². The van der Waals surface area contributed by atoms with Crippen molar-refractivity contribution in [3.05, 3.63) is 58.6 Å². The molecule has 200 valence electrons. The molecule has 0 spiro atoms. The Morgan fingerprint density at radius 2 is 2.13 bits per heavy atom. The van der Waals surface area contributed by atoms with Crippen molar-refractivity contribution in [2.24, 2.45) is 0 Å². The van der Waals surface area contributed by atoms with Crippen molar-refractivity contribution in [3.8, 4) is 27.3 Å². The fraction of sp³-hybridized carbons (Fsp3) is 0.444. The van der Waals surface area contributed by atoms with E-state index in [-0.39, 0.29) is 24.0 Å². The quantitative estimate of drug-likeness (QED) is 0.385. The molecule has 3 aromatic rings. The number of hydrogen-bond donors (Lipinski definition) is 2. The van der Waals surface area contributed by atoms with Gasteiger partial charge in [0.1, 0.15) is 11.8 Å². The third kappa shape index (κ3) is 5.75. The second-order valence-corrected chi connectivity index (χ2v) is 13.7. The molecule has 9 nitrogen and oxygen atoms in total. The molecule has 0 radical (unpaired) electrons. The fourth-order valence-electron chi connectivity index (χ4n) is 5.17. The zero-order valence-corrected chi connectivity index (χ0v) is 23.1. The smallest absolute Gasteiger partial charge is 0.299 e. The maximum Gasteiger partial charge on any atom is 0.299 e. The third-order valence-electron chi connectivity index (χ3n) is 6.94. The number of β-amino-alcohol motifs (C(OH)–C–C–N with tert-alkyl or cyclic N) is 1. The maximum atomic E-state index is 12.9. The van der Waals surface area contributed by atoms with Crippen molar-refractivity contribution < 1.29 is 18.3 Å². The van der Waals surface area contributed by atoms with Crippen LogP contribution in [0.25, 0.3) is 15.5 Å². The zero-order valence-electron chi connectivity index (χ0n) is 21.5. The van der Waals surface area contributed by atoms with Crippen molar-refractivity contribution in [1.82, 2.24) is 19.8 Å². The predicted octanol–water partition coefficient (Wildman–Crippen LogP) is 3.51. The van der Waals surface area contributed by atoms with Gasteiger partial charge in [0.2, 0.25) is 10.0 Å². The van der Waals surface area contributed by atoms with Gasteiger partial charge >= 0.3 is 0 Å². The minimum atomic E-state index is -3.49. The first-order chi connectivity index (χ1) is 18.2. The number of sulfonamides is 1. The van der Waals surface area contributed by atoms with Crippen LogP contribution in [0.1, 0.15) is 49.4 Å². The van der Waals surface area contributed by atoms with Crippen molar-refractivity contribution in [2.75, 3.05) is 25.4 Å². The van der Waals surface area contributed by atoms with Crippen LogP contribution in [-0.4, -0.2) is 66.2 Å². The second kappa shape index (κ2) is 11.1. The largest absolute Gasteiger partial charge is 0.490 e. The van der Waals surface area contributed by atoms with Gasteiger partial charge in [-0.25, -0.2) is 13.1 Å². The van der Waals surface area contributed by atoms with E-state index < -0.39 is 20.5 Å². The molecule has 3 atom stereocenters. The van der Waals surface area contributed by atoms with Crippen LogP contribution in [0.3, 0.4) is 0 Å². The lowest BCUT2D eigenvalue weighted by atomic mass is 10.0. The topological polar surface area (TPSA) is 128 Å². The molecule has 2 aliphatic rings. The Morgan fingerprint density at radius 1 is 1.29 bits per heavy atom. The van der Waals surface area contributed by atoms with E-state index in [0.717, 1.165) is 39.6 Å². The van der Waals surface area contributed by atoms with Crippen LogP contribution in [0.5, 0.6) is 5.75 Å². The molecular formula is C27H32N5O4S2+. The van der Waals surface area contributed by atoms with Crippen LogP contribution in [0.2, 0.25) is 0 Å². The molecule has 1 saturated heterocycles. The van der Waals surface area contributed by atoms with Crippen LogP contribution < -0.4 is 9.46 Å². The van der Waals surface area contributed by atoms with E-state index in [0.29, 0.717) is 37.2 Å². The average molecular weight is 555 g/mol. The maximum absolute atomic E-state index is 12.9. The normalized spacial score (nSPS) is 20.0. The van der Waals surface area contributed by atoms with E-state index in [1.54, 1.807) is 5.51 Å². The Hall–Kier alpha value is -2.88. The van der Waals surface area contributed by atoms with E-state index in [1.807, 2.05) is 55.1 Å². The van der Waals surface area contributed by atoms with E-state index in [9.17, 15) is 18.8 Å². The summed E-state index contributed by atoms with van der Waals surface area (Å²) in [5, 5.41) is 28.9. The average Bonchev–Trinajstić information content (AvgIpc) is 3.63. The number of rotatable bonds is 9. The molecule has 2 heterocycles. The summed E-state index contributed by atoms with van der Waals surface area (Å²) in [4.78, 5) is 2.92. The summed E-state index contributed by atoms with van der Waals surface area (Å²) < 4.78 is 34.5. The molecule has 2 aromatic carbocycles. The molecule has 1 aliphatic heterocycles. The van der Waals surface area contributed by atoms with Gasteiger partial charge < -0.3 is 9.84 Å². The third-order valence-corrected chi connectivity index (χ3v) is 10.1. The molecule has 0 amide bonds. The number of ether oxygens (including phenoxy) is 1. The molecule has 1 aromatic heterocycles. The summed E-state index contributed by atoms with van der Waals surface area (Å²) in [6.45, 7) is 5.51. The van der Waals surface area contributed by atoms with Gasteiger partial charge in [-0.1, -0.05) is 22.3 Å². The number of nitrogens with one attached hydrogen (secondary N) is 1. The van der Waals surface area contributed by atoms with E-state index in [1.165, 1.54) is 0 Å². The number of nitrogens with zero attached hydrogens (tertiary/aromatic N) is 4. The van der Waals surface area contributed by atoms with Crippen molar-refractivity contribution in [3.63, 3.8) is 0 Å². The predicted molar refractivity (Wildman–Crippen MR) is 147 cm³/mol. The van der Waals surface area contributed by atoms with Gasteiger partial charge in [0, 0.05) is 37.8 Å². The summed E-state index contributed by atoms with van der Waals surface area (Å²) in [5.74, 6) is 0.564. The first-order valence-corrected chi connectivity index (χ1v) is 15.8. The molecule has 11 heteroatoms. The molecular weight excluding hydrogens is 522 g/mol. The first kappa shape index (κ1) is 26.7. The molecule has 0 saturated carbocycles. The van der Waals surface area contributed by atoms with Crippen molar-refractivity contribution in [2.45, 2.75) is 51.4 Å².